The number of rotatable bonds is 3. The van der Waals surface area contributed by atoms with Crippen LogP contribution < -0.4 is 0 Å². The maximum Gasteiger partial charge on any atom is 0.308 e. The van der Waals surface area contributed by atoms with Crippen molar-refractivity contribution in [2.45, 2.75) is 11.8 Å². The van der Waals surface area contributed by atoms with E-state index in [0.29, 0.717) is 0 Å². The monoisotopic (exact) mass is 305 g/mol. The average Bonchev–Trinajstić information content (AvgIpc) is 2.71. The zero-order valence-electron chi connectivity index (χ0n) is 10.6. The molecule has 1 N–H and O–H groups in total. The Labute approximate surface area is 114 Å². The van der Waals surface area contributed by atoms with Crippen LogP contribution in [0.25, 0.3) is 0 Å². The Morgan fingerprint density at radius 1 is 1.30 bits per heavy atom. The first kappa shape index (κ1) is 14.9. The molecule has 2 atom stereocenters. The second kappa shape index (κ2) is 5.10. The van der Waals surface area contributed by atoms with Crippen molar-refractivity contribution in [1.82, 2.24) is 4.31 Å². The lowest BCUT2D eigenvalue weighted by Crippen LogP contribution is -2.31. The van der Waals surface area contributed by atoms with Crippen LogP contribution in [0.3, 0.4) is 0 Å². The lowest BCUT2D eigenvalue weighted by Gasteiger charge is -2.16. The molecule has 1 heterocycles. The number of carboxylic acid groups (broad SMARTS) is 1. The molecule has 5 nitrogen and oxygen atoms in total. The van der Waals surface area contributed by atoms with Crippen LogP contribution in [0.1, 0.15) is 6.92 Å². The molecule has 20 heavy (non-hydrogen) atoms. The fourth-order valence-corrected chi connectivity index (χ4v) is 3.97. The van der Waals surface area contributed by atoms with Gasteiger partial charge in [0.2, 0.25) is 10.0 Å². The van der Waals surface area contributed by atoms with Crippen LogP contribution in [0.4, 0.5) is 8.78 Å². The zero-order valence-corrected chi connectivity index (χ0v) is 11.4. The van der Waals surface area contributed by atoms with Gasteiger partial charge in [0.25, 0.3) is 0 Å². The quantitative estimate of drug-likeness (QED) is 0.913. The van der Waals surface area contributed by atoms with E-state index in [0.717, 1.165) is 22.5 Å². The standard InChI is InChI=1S/C12H13F2NO4S/c1-7-5-15(6-8(7)12(16)17)20(18,19)11-9(13)3-2-4-10(11)14/h2-4,7-8H,5-6H2,1H3,(H,16,17). The molecule has 0 radical (unpaired) electrons. The molecule has 0 aromatic heterocycles. The third-order valence-corrected chi connectivity index (χ3v) is 5.30. The first-order valence-electron chi connectivity index (χ1n) is 5.92. The number of sulfonamides is 1. The number of nitrogens with zero attached hydrogens (tertiary/aromatic N) is 1. The van der Waals surface area contributed by atoms with Crippen LogP contribution in [0.2, 0.25) is 0 Å². The van der Waals surface area contributed by atoms with Crippen molar-refractivity contribution in [1.29, 1.82) is 0 Å². The molecular formula is C12H13F2NO4S. The largest absolute Gasteiger partial charge is 0.481 e. The number of halogens is 2. The topological polar surface area (TPSA) is 74.7 Å². The summed E-state index contributed by atoms with van der Waals surface area (Å²) in [5.41, 5.74) is 0. The first-order valence-corrected chi connectivity index (χ1v) is 7.36. The number of benzene rings is 1. The van der Waals surface area contributed by atoms with Gasteiger partial charge in [-0.25, -0.2) is 17.2 Å². The molecule has 0 spiro atoms. The fourth-order valence-electron chi connectivity index (χ4n) is 2.30. The maximum atomic E-state index is 13.6. The van der Waals surface area contributed by atoms with Gasteiger partial charge in [-0.1, -0.05) is 13.0 Å². The van der Waals surface area contributed by atoms with E-state index in [-0.39, 0.29) is 13.1 Å². The lowest BCUT2D eigenvalue weighted by atomic mass is 9.99. The van der Waals surface area contributed by atoms with Crippen molar-refractivity contribution in [2.24, 2.45) is 11.8 Å². The van der Waals surface area contributed by atoms with Gasteiger partial charge in [0.1, 0.15) is 11.6 Å². The van der Waals surface area contributed by atoms with Crippen molar-refractivity contribution in [2.75, 3.05) is 13.1 Å². The maximum absolute atomic E-state index is 13.6. The van der Waals surface area contributed by atoms with Gasteiger partial charge < -0.3 is 5.11 Å². The second-order valence-electron chi connectivity index (χ2n) is 4.79. The number of carbonyl (C=O) groups is 1. The zero-order chi connectivity index (χ0) is 15.1. The van der Waals surface area contributed by atoms with Crippen molar-refractivity contribution in [3.05, 3.63) is 29.8 Å². The van der Waals surface area contributed by atoms with Crippen LogP contribution >= 0.6 is 0 Å². The predicted molar refractivity (Wildman–Crippen MR) is 65.4 cm³/mol. The van der Waals surface area contributed by atoms with E-state index < -0.39 is 44.4 Å². The Balaban J connectivity index is 2.40. The van der Waals surface area contributed by atoms with Crippen LogP contribution in [0.5, 0.6) is 0 Å². The van der Waals surface area contributed by atoms with Crippen molar-refractivity contribution in [3.8, 4) is 0 Å². The summed E-state index contributed by atoms with van der Waals surface area (Å²) in [7, 11) is -4.38. The smallest absolute Gasteiger partial charge is 0.308 e. The SMILES string of the molecule is CC1CN(S(=O)(=O)c2c(F)cccc2F)CC1C(=O)O. The highest BCUT2D eigenvalue weighted by molar-refractivity contribution is 7.89. The van der Waals surface area contributed by atoms with E-state index in [9.17, 15) is 22.0 Å². The van der Waals surface area contributed by atoms with E-state index in [1.807, 2.05) is 0 Å². The molecule has 110 valence electrons. The van der Waals surface area contributed by atoms with Gasteiger partial charge in [-0.05, 0) is 18.1 Å². The van der Waals surface area contributed by atoms with Crippen LogP contribution in [-0.4, -0.2) is 36.9 Å². The van der Waals surface area contributed by atoms with Crippen LogP contribution in [0, 0.1) is 23.5 Å². The van der Waals surface area contributed by atoms with E-state index in [4.69, 9.17) is 5.11 Å². The highest BCUT2D eigenvalue weighted by Crippen LogP contribution is 2.30. The Hall–Kier alpha value is -1.54. The van der Waals surface area contributed by atoms with Crippen LogP contribution in [-0.2, 0) is 14.8 Å². The van der Waals surface area contributed by atoms with Gasteiger partial charge in [-0.15, -0.1) is 0 Å². The van der Waals surface area contributed by atoms with Gasteiger partial charge >= 0.3 is 5.97 Å². The Bertz CT molecular complexity index is 627. The van der Waals surface area contributed by atoms with Gasteiger partial charge in [0, 0.05) is 13.1 Å². The molecule has 0 amide bonds. The minimum atomic E-state index is -4.38. The normalized spacial score (nSPS) is 23.9. The van der Waals surface area contributed by atoms with Gasteiger partial charge in [0.05, 0.1) is 5.92 Å². The predicted octanol–water partition coefficient (Wildman–Crippen LogP) is 1.31. The molecule has 1 fully saturated rings. The molecule has 2 rings (SSSR count). The number of aliphatic carboxylic acids is 1. The summed E-state index contributed by atoms with van der Waals surface area (Å²) in [6, 6.07) is 2.77. The summed E-state index contributed by atoms with van der Waals surface area (Å²) in [6.45, 7) is 1.23. The number of hydrogen-bond acceptors (Lipinski definition) is 3. The highest BCUT2D eigenvalue weighted by Gasteiger charge is 2.42. The van der Waals surface area contributed by atoms with Crippen molar-refractivity contribution < 1.29 is 27.1 Å². The minimum absolute atomic E-state index is 0.0763. The van der Waals surface area contributed by atoms with E-state index in [2.05, 4.69) is 0 Å². The molecule has 0 bridgehead atoms. The molecule has 1 aromatic carbocycles. The average molecular weight is 305 g/mol. The van der Waals surface area contributed by atoms with Gasteiger partial charge in [-0.3, -0.25) is 4.79 Å². The lowest BCUT2D eigenvalue weighted by molar-refractivity contribution is -0.142. The highest BCUT2D eigenvalue weighted by atomic mass is 32.2. The molecule has 1 aromatic rings. The third-order valence-electron chi connectivity index (χ3n) is 3.41. The fraction of sp³-hybridized carbons (Fsp3) is 0.417. The Morgan fingerprint density at radius 3 is 2.30 bits per heavy atom. The van der Waals surface area contributed by atoms with E-state index in [1.54, 1.807) is 6.92 Å². The first-order chi connectivity index (χ1) is 9.25. The van der Waals surface area contributed by atoms with Crippen molar-refractivity contribution in [3.63, 3.8) is 0 Å². The molecule has 8 heteroatoms. The summed E-state index contributed by atoms with van der Waals surface area (Å²) in [5.74, 6) is -4.78. The molecule has 1 aliphatic rings. The minimum Gasteiger partial charge on any atom is -0.481 e. The summed E-state index contributed by atoms with van der Waals surface area (Å²) in [5, 5.41) is 8.98. The summed E-state index contributed by atoms with van der Waals surface area (Å²) < 4.78 is 52.5. The molecule has 0 saturated carbocycles. The van der Waals surface area contributed by atoms with Crippen LogP contribution in [0.15, 0.2) is 23.1 Å². The molecule has 0 aliphatic carbocycles. The molecule has 1 saturated heterocycles. The number of hydrogen-bond donors (Lipinski definition) is 1. The third kappa shape index (κ3) is 2.40. The summed E-state index contributed by atoms with van der Waals surface area (Å²) in [6.07, 6.45) is 0. The van der Waals surface area contributed by atoms with Gasteiger partial charge in [0.15, 0.2) is 4.90 Å². The Morgan fingerprint density at radius 2 is 1.85 bits per heavy atom. The van der Waals surface area contributed by atoms with E-state index >= 15 is 0 Å². The Kier molecular flexibility index (Phi) is 3.79. The summed E-state index contributed by atoms with van der Waals surface area (Å²) >= 11 is 0. The van der Waals surface area contributed by atoms with Gasteiger partial charge in [-0.2, -0.15) is 4.31 Å². The number of carboxylic acids is 1. The molecule has 1 aliphatic heterocycles. The second-order valence-corrected chi connectivity index (χ2v) is 6.67. The molecule has 2 unspecified atom stereocenters. The summed E-state index contributed by atoms with van der Waals surface area (Å²) in [4.78, 5) is 9.96. The van der Waals surface area contributed by atoms with Crippen molar-refractivity contribution >= 4 is 16.0 Å². The van der Waals surface area contributed by atoms with E-state index in [1.165, 1.54) is 0 Å². The molecular weight excluding hydrogens is 292 g/mol.